The van der Waals surface area contributed by atoms with Crippen molar-refractivity contribution in [1.82, 2.24) is 19.7 Å². The third-order valence-corrected chi connectivity index (χ3v) is 9.10. The van der Waals surface area contributed by atoms with Crippen LogP contribution in [0.25, 0.3) is 17.2 Å². The highest BCUT2D eigenvalue weighted by atomic mass is 32.2. The summed E-state index contributed by atoms with van der Waals surface area (Å²) < 4.78 is 45.2. The molecule has 1 aliphatic carbocycles. The predicted molar refractivity (Wildman–Crippen MR) is 139 cm³/mol. The van der Waals surface area contributed by atoms with Crippen molar-refractivity contribution in [3.05, 3.63) is 42.2 Å². The molecule has 0 bridgehead atoms. The molecule has 2 aromatic heterocycles. The van der Waals surface area contributed by atoms with Crippen LogP contribution in [0.15, 0.2) is 36.4 Å². The molecule has 10 nitrogen and oxygen atoms in total. The van der Waals surface area contributed by atoms with E-state index in [9.17, 15) is 13.5 Å². The van der Waals surface area contributed by atoms with Gasteiger partial charge in [0.2, 0.25) is 5.88 Å². The van der Waals surface area contributed by atoms with Gasteiger partial charge in [-0.1, -0.05) is 31.4 Å². The van der Waals surface area contributed by atoms with E-state index in [2.05, 4.69) is 15.2 Å². The third-order valence-electron chi connectivity index (χ3n) is 7.03. The van der Waals surface area contributed by atoms with Crippen LogP contribution in [0.2, 0.25) is 0 Å². The van der Waals surface area contributed by atoms with Crippen molar-refractivity contribution < 1.29 is 27.7 Å². The minimum atomic E-state index is -3.81. The summed E-state index contributed by atoms with van der Waals surface area (Å²) in [6, 6.07) is 10.5. The Kier molecular flexibility index (Phi) is 8.33. The maximum absolute atomic E-state index is 13.6. The third kappa shape index (κ3) is 5.57. The van der Waals surface area contributed by atoms with E-state index in [1.165, 1.54) is 21.3 Å². The summed E-state index contributed by atoms with van der Waals surface area (Å²) in [5.41, 5.74) is 0.876. The Morgan fingerprint density at radius 3 is 2.24 bits per heavy atom. The zero-order chi connectivity index (χ0) is 26.6. The summed E-state index contributed by atoms with van der Waals surface area (Å²) in [6.07, 6.45) is 3.86. The zero-order valence-electron chi connectivity index (χ0n) is 21.6. The van der Waals surface area contributed by atoms with Crippen LogP contribution in [0, 0.1) is 5.92 Å². The number of aliphatic hydroxyl groups excluding tert-OH is 1. The fourth-order valence-electron chi connectivity index (χ4n) is 4.90. The van der Waals surface area contributed by atoms with Crippen LogP contribution in [0.5, 0.6) is 17.4 Å². The molecule has 0 radical (unpaired) electrons. The van der Waals surface area contributed by atoms with E-state index in [4.69, 9.17) is 14.2 Å². The van der Waals surface area contributed by atoms with Crippen molar-refractivity contribution in [2.24, 2.45) is 5.92 Å². The number of methoxy groups -OCH3 is 3. The van der Waals surface area contributed by atoms with Crippen molar-refractivity contribution in [2.75, 3.05) is 21.3 Å². The fraction of sp³-hybridized carbons (Fsp3) is 0.500. The van der Waals surface area contributed by atoms with Gasteiger partial charge in [-0.15, -0.1) is 10.2 Å². The van der Waals surface area contributed by atoms with Crippen LogP contribution >= 0.6 is 0 Å². The highest BCUT2D eigenvalue weighted by Gasteiger charge is 2.36. The van der Waals surface area contributed by atoms with E-state index < -0.39 is 26.9 Å². The number of aliphatic hydroxyl groups is 1. The van der Waals surface area contributed by atoms with Gasteiger partial charge in [0.15, 0.2) is 21.5 Å². The first-order chi connectivity index (χ1) is 17.8. The van der Waals surface area contributed by atoms with Gasteiger partial charge in [0.25, 0.3) is 0 Å². The summed E-state index contributed by atoms with van der Waals surface area (Å²) in [4.78, 5) is 4.48. The topological polar surface area (TPSA) is 126 Å². The van der Waals surface area contributed by atoms with E-state index in [1.807, 2.05) is 0 Å². The number of hydrogen-bond donors (Lipinski definition) is 1. The smallest absolute Gasteiger partial charge is 0.213 e. The number of rotatable bonds is 10. The molecule has 200 valence electrons. The lowest BCUT2D eigenvalue weighted by Crippen LogP contribution is -2.39. The van der Waals surface area contributed by atoms with Crippen LogP contribution in [-0.4, -0.2) is 66.0 Å². The first kappa shape index (κ1) is 26.9. The summed E-state index contributed by atoms with van der Waals surface area (Å²) in [7, 11) is 0.736. The Morgan fingerprint density at radius 1 is 0.973 bits per heavy atom. The van der Waals surface area contributed by atoms with Crippen molar-refractivity contribution in [1.29, 1.82) is 0 Å². The molecule has 0 saturated heterocycles. The molecular weight excluding hydrogens is 496 g/mol. The van der Waals surface area contributed by atoms with Gasteiger partial charge in [-0.3, -0.25) is 4.57 Å². The molecule has 2 heterocycles. The van der Waals surface area contributed by atoms with E-state index in [-0.39, 0.29) is 11.7 Å². The molecule has 1 N–H and O–H groups in total. The molecule has 4 rings (SSSR count). The highest BCUT2D eigenvalue weighted by molar-refractivity contribution is 7.91. The average Bonchev–Trinajstić information content (AvgIpc) is 3.34. The second kappa shape index (κ2) is 11.5. The Labute approximate surface area is 217 Å². The second-order valence-corrected chi connectivity index (χ2v) is 11.6. The van der Waals surface area contributed by atoms with Crippen molar-refractivity contribution in [2.45, 2.75) is 56.1 Å². The Bertz CT molecular complexity index is 1300. The normalized spacial score (nSPS) is 16.2. The quantitative estimate of drug-likeness (QED) is 0.418. The van der Waals surface area contributed by atoms with Gasteiger partial charge in [0.1, 0.15) is 28.6 Å². The minimum Gasteiger partial charge on any atom is -0.494 e. The van der Waals surface area contributed by atoms with E-state index in [0.29, 0.717) is 34.6 Å². The number of pyridine rings is 1. The first-order valence-corrected chi connectivity index (χ1v) is 14.1. The minimum absolute atomic E-state index is 0.0257. The molecule has 1 aromatic carbocycles. The van der Waals surface area contributed by atoms with Crippen molar-refractivity contribution in [3.63, 3.8) is 0 Å². The fourth-order valence-corrected chi connectivity index (χ4v) is 6.36. The monoisotopic (exact) mass is 530 g/mol. The molecule has 0 aliphatic heterocycles. The molecular formula is C26H34N4O6S. The van der Waals surface area contributed by atoms with Gasteiger partial charge in [-0.2, -0.15) is 0 Å². The van der Waals surface area contributed by atoms with Gasteiger partial charge in [0, 0.05) is 6.07 Å². The Hall–Kier alpha value is -3.18. The summed E-state index contributed by atoms with van der Waals surface area (Å²) in [5, 5.41) is 18.6. The standard InChI is InChI=1S/C26H34N4O6S/c1-17(25(31)18-10-6-5-7-11-18)37(32,33)16-22-28-29-26(19-12-8-15-23(27-19)36-4)30(22)24-20(34-2)13-9-14-21(24)35-3/h8-9,12-15,17-18,25,31H,5-7,10-11,16H2,1-4H3/t17-,25-/m1/s1. The van der Waals surface area contributed by atoms with Gasteiger partial charge in [-0.25, -0.2) is 13.4 Å². The van der Waals surface area contributed by atoms with E-state index >= 15 is 0 Å². The van der Waals surface area contributed by atoms with E-state index in [0.717, 1.165) is 32.1 Å². The highest BCUT2D eigenvalue weighted by Crippen LogP contribution is 2.37. The van der Waals surface area contributed by atoms with Crippen molar-refractivity contribution in [3.8, 4) is 34.6 Å². The molecule has 0 unspecified atom stereocenters. The largest absolute Gasteiger partial charge is 0.494 e. The van der Waals surface area contributed by atoms with Gasteiger partial charge in [0.05, 0.1) is 32.7 Å². The number of hydrogen-bond acceptors (Lipinski definition) is 9. The lowest BCUT2D eigenvalue weighted by atomic mass is 9.84. The molecule has 2 atom stereocenters. The second-order valence-electron chi connectivity index (χ2n) is 9.25. The van der Waals surface area contributed by atoms with Crippen LogP contribution < -0.4 is 14.2 Å². The number of benzene rings is 1. The maximum atomic E-state index is 13.6. The number of ether oxygens (including phenoxy) is 3. The SMILES string of the molecule is COc1cccc(-c2nnc(CS(=O)(=O)[C@H](C)[C@@H](O)C3CCCCC3)n2-c2c(OC)cccc2OC)n1. The zero-order valence-corrected chi connectivity index (χ0v) is 22.4. The lowest BCUT2D eigenvalue weighted by Gasteiger charge is -2.30. The molecule has 0 amide bonds. The summed E-state index contributed by atoms with van der Waals surface area (Å²) in [5.74, 6) is 1.25. The molecule has 1 aliphatic rings. The molecule has 0 spiro atoms. The van der Waals surface area contributed by atoms with Crippen LogP contribution in [0.3, 0.4) is 0 Å². The summed E-state index contributed by atoms with van der Waals surface area (Å²) in [6.45, 7) is 1.57. The number of nitrogens with zero attached hydrogens (tertiary/aromatic N) is 4. The van der Waals surface area contributed by atoms with E-state index in [1.54, 1.807) is 47.9 Å². The Morgan fingerprint density at radius 2 is 1.62 bits per heavy atom. The van der Waals surface area contributed by atoms with Crippen LogP contribution in [0.4, 0.5) is 0 Å². The molecule has 11 heteroatoms. The molecule has 37 heavy (non-hydrogen) atoms. The molecule has 1 saturated carbocycles. The number of sulfone groups is 1. The van der Waals surface area contributed by atoms with Crippen molar-refractivity contribution >= 4 is 9.84 Å². The van der Waals surface area contributed by atoms with Crippen LogP contribution in [-0.2, 0) is 15.6 Å². The van der Waals surface area contributed by atoms with Gasteiger partial charge in [-0.05, 0) is 43.9 Å². The Balaban J connectivity index is 1.81. The molecule has 1 fully saturated rings. The molecule has 3 aromatic rings. The number of para-hydroxylation sites is 1. The lowest BCUT2D eigenvalue weighted by molar-refractivity contribution is 0.0839. The summed E-state index contributed by atoms with van der Waals surface area (Å²) >= 11 is 0. The first-order valence-electron chi connectivity index (χ1n) is 12.4. The maximum Gasteiger partial charge on any atom is 0.213 e. The average molecular weight is 531 g/mol. The van der Waals surface area contributed by atoms with Crippen LogP contribution in [0.1, 0.15) is 44.9 Å². The van der Waals surface area contributed by atoms with Gasteiger partial charge >= 0.3 is 0 Å². The predicted octanol–water partition coefficient (Wildman–Crippen LogP) is 3.60. The number of aromatic nitrogens is 4. The van der Waals surface area contributed by atoms with Gasteiger partial charge < -0.3 is 19.3 Å².